The summed E-state index contributed by atoms with van der Waals surface area (Å²) in [6.45, 7) is 5.04. The van der Waals surface area contributed by atoms with Gasteiger partial charge in [-0.3, -0.25) is 4.90 Å². The summed E-state index contributed by atoms with van der Waals surface area (Å²) < 4.78 is 0. The predicted octanol–water partition coefficient (Wildman–Crippen LogP) is 2.03. The zero-order valence-electron chi connectivity index (χ0n) is 9.27. The first-order valence-corrected chi connectivity index (χ1v) is 5.13. The van der Waals surface area contributed by atoms with Crippen molar-refractivity contribution >= 4 is 0 Å². The third kappa shape index (κ3) is 2.56. The van der Waals surface area contributed by atoms with Crippen LogP contribution in [0.1, 0.15) is 25.5 Å². The molecule has 1 aromatic rings. The minimum Gasteiger partial charge on any atom is -0.329 e. The molecular weight excluding hydrogens is 172 g/mol. The highest BCUT2D eigenvalue weighted by Gasteiger charge is 2.16. The van der Waals surface area contributed by atoms with Crippen LogP contribution in [-0.4, -0.2) is 24.5 Å². The first-order chi connectivity index (χ1) is 6.66. The molecule has 1 aromatic carbocycles. The van der Waals surface area contributed by atoms with E-state index in [0.717, 1.165) is 0 Å². The van der Waals surface area contributed by atoms with Gasteiger partial charge < -0.3 is 5.73 Å². The molecule has 0 aromatic heterocycles. The Kier molecular flexibility index (Phi) is 4.11. The van der Waals surface area contributed by atoms with Crippen LogP contribution in [0.4, 0.5) is 0 Å². The maximum atomic E-state index is 5.80. The molecule has 0 amide bonds. The quantitative estimate of drug-likeness (QED) is 0.791. The van der Waals surface area contributed by atoms with Gasteiger partial charge in [-0.05, 0) is 26.5 Å². The number of benzene rings is 1. The van der Waals surface area contributed by atoms with E-state index in [4.69, 9.17) is 5.73 Å². The Morgan fingerprint density at radius 2 is 1.79 bits per heavy atom. The lowest BCUT2D eigenvalue weighted by Crippen LogP contribution is -2.35. The highest BCUT2D eigenvalue weighted by molar-refractivity contribution is 5.19. The Hall–Kier alpha value is -0.860. The monoisotopic (exact) mass is 192 g/mol. The van der Waals surface area contributed by atoms with Gasteiger partial charge in [-0.1, -0.05) is 30.3 Å². The summed E-state index contributed by atoms with van der Waals surface area (Å²) in [7, 11) is 2.12. The Balaban J connectivity index is 2.82. The van der Waals surface area contributed by atoms with E-state index in [1.165, 1.54) is 5.56 Å². The summed E-state index contributed by atoms with van der Waals surface area (Å²) in [6, 6.07) is 11.3. The van der Waals surface area contributed by atoms with Gasteiger partial charge in [-0.2, -0.15) is 0 Å². The summed E-state index contributed by atoms with van der Waals surface area (Å²) in [5, 5.41) is 0. The van der Waals surface area contributed by atoms with Crippen molar-refractivity contribution in [2.24, 2.45) is 5.73 Å². The van der Waals surface area contributed by atoms with Crippen LogP contribution in [0.2, 0.25) is 0 Å². The van der Waals surface area contributed by atoms with Crippen molar-refractivity contribution in [2.75, 3.05) is 13.6 Å². The second-order valence-electron chi connectivity index (χ2n) is 3.92. The van der Waals surface area contributed by atoms with Crippen LogP contribution in [0.5, 0.6) is 0 Å². The van der Waals surface area contributed by atoms with E-state index in [-0.39, 0.29) is 0 Å². The Labute approximate surface area is 86.7 Å². The topological polar surface area (TPSA) is 29.3 Å². The van der Waals surface area contributed by atoms with Gasteiger partial charge in [0.1, 0.15) is 0 Å². The Bertz CT molecular complexity index is 256. The SMILES string of the molecule is CC(C)N(C)C(CN)c1ccccc1. The van der Waals surface area contributed by atoms with Crippen molar-refractivity contribution in [3.8, 4) is 0 Å². The molecule has 2 heteroatoms. The van der Waals surface area contributed by atoms with Crippen LogP contribution in [0, 0.1) is 0 Å². The average molecular weight is 192 g/mol. The number of nitrogens with zero attached hydrogens (tertiary/aromatic N) is 1. The fraction of sp³-hybridized carbons (Fsp3) is 0.500. The molecule has 0 aliphatic heterocycles. The lowest BCUT2D eigenvalue weighted by Gasteiger charge is -2.30. The molecule has 0 fully saturated rings. The van der Waals surface area contributed by atoms with Gasteiger partial charge in [0.25, 0.3) is 0 Å². The standard InChI is InChI=1S/C12H20N2/c1-10(2)14(3)12(9-13)11-7-5-4-6-8-11/h4-8,10,12H,9,13H2,1-3H3. The van der Waals surface area contributed by atoms with Gasteiger partial charge in [0.15, 0.2) is 0 Å². The van der Waals surface area contributed by atoms with E-state index in [1.807, 2.05) is 6.07 Å². The van der Waals surface area contributed by atoms with Crippen molar-refractivity contribution < 1.29 is 0 Å². The maximum absolute atomic E-state index is 5.80. The fourth-order valence-corrected chi connectivity index (χ4v) is 1.57. The van der Waals surface area contributed by atoms with Crippen LogP contribution in [0.3, 0.4) is 0 Å². The molecule has 2 N–H and O–H groups in total. The molecule has 0 radical (unpaired) electrons. The number of nitrogens with two attached hydrogens (primary N) is 1. The second-order valence-corrected chi connectivity index (χ2v) is 3.92. The molecule has 1 unspecified atom stereocenters. The normalized spacial score (nSPS) is 13.6. The molecule has 14 heavy (non-hydrogen) atoms. The lowest BCUT2D eigenvalue weighted by atomic mass is 10.0. The van der Waals surface area contributed by atoms with Crippen LogP contribution in [0.25, 0.3) is 0 Å². The third-order valence-corrected chi connectivity index (χ3v) is 2.71. The molecule has 0 aliphatic carbocycles. The van der Waals surface area contributed by atoms with Gasteiger partial charge in [-0.25, -0.2) is 0 Å². The van der Waals surface area contributed by atoms with E-state index >= 15 is 0 Å². The molecule has 2 nitrogen and oxygen atoms in total. The molecule has 78 valence electrons. The smallest absolute Gasteiger partial charge is 0.0470 e. The summed E-state index contributed by atoms with van der Waals surface area (Å²) in [5.41, 5.74) is 7.10. The van der Waals surface area contributed by atoms with E-state index in [1.54, 1.807) is 0 Å². The van der Waals surface area contributed by atoms with E-state index < -0.39 is 0 Å². The van der Waals surface area contributed by atoms with Crippen LogP contribution in [-0.2, 0) is 0 Å². The predicted molar refractivity (Wildman–Crippen MR) is 61.1 cm³/mol. The number of hydrogen-bond acceptors (Lipinski definition) is 2. The van der Waals surface area contributed by atoms with Crippen molar-refractivity contribution in [2.45, 2.75) is 25.9 Å². The van der Waals surface area contributed by atoms with Crippen molar-refractivity contribution in [3.05, 3.63) is 35.9 Å². The minimum absolute atomic E-state index is 0.330. The molecule has 0 aliphatic rings. The molecule has 0 spiro atoms. The van der Waals surface area contributed by atoms with E-state index in [2.05, 4.69) is 50.1 Å². The largest absolute Gasteiger partial charge is 0.329 e. The van der Waals surface area contributed by atoms with E-state index in [9.17, 15) is 0 Å². The van der Waals surface area contributed by atoms with Gasteiger partial charge in [-0.15, -0.1) is 0 Å². The molecule has 0 saturated heterocycles. The van der Waals surface area contributed by atoms with Crippen LogP contribution < -0.4 is 5.73 Å². The highest BCUT2D eigenvalue weighted by Crippen LogP contribution is 2.19. The number of hydrogen-bond donors (Lipinski definition) is 1. The van der Waals surface area contributed by atoms with Gasteiger partial charge in [0.2, 0.25) is 0 Å². The highest BCUT2D eigenvalue weighted by atomic mass is 15.2. The van der Waals surface area contributed by atoms with Gasteiger partial charge in [0, 0.05) is 18.6 Å². The second kappa shape index (κ2) is 5.13. The molecule has 1 rings (SSSR count). The summed E-state index contributed by atoms with van der Waals surface area (Å²) in [6.07, 6.45) is 0. The first-order valence-electron chi connectivity index (χ1n) is 5.13. The fourth-order valence-electron chi connectivity index (χ4n) is 1.57. The Morgan fingerprint density at radius 1 is 1.21 bits per heavy atom. The van der Waals surface area contributed by atoms with Gasteiger partial charge >= 0.3 is 0 Å². The molecule has 0 heterocycles. The van der Waals surface area contributed by atoms with Crippen molar-refractivity contribution in [1.82, 2.24) is 4.90 Å². The Morgan fingerprint density at radius 3 is 2.21 bits per heavy atom. The van der Waals surface area contributed by atoms with Crippen molar-refractivity contribution in [3.63, 3.8) is 0 Å². The summed E-state index contributed by atoms with van der Waals surface area (Å²) in [5.74, 6) is 0. The van der Waals surface area contributed by atoms with Crippen molar-refractivity contribution in [1.29, 1.82) is 0 Å². The molecule has 1 atom stereocenters. The zero-order chi connectivity index (χ0) is 10.6. The average Bonchev–Trinajstić information content (AvgIpc) is 2.20. The third-order valence-electron chi connectivity index (χ3n) is 2.71. The zero-order valence-corrected chi connectivity index (χ0v) is 9.27. The molecular formula is C12H20N2. The molecule has 0 bridgehead atoms. The van der Waals surface area contributed by atoms with Gasteiger partial charge in [0.05, 0.1) is 0 Å². The number of rotatable bonds is 4. The minimum atomic E-state index is 0.330. The number of likely N-dealkylation sites (N-methyl/N-ethyl adjacent to an activating group) is 1. The maximum Gasteiger partial charge on any atom is 0.0470 e. The first kappa shape index (κ1) is 11.2. The van der Waals surface area contributed by atoms with Crippen LogP contribution in [0.15, 0.2) is 30.3 Å². The van der Waals surface area contributed by atoms with Crippen LogP contribution >= 0.6 is 0 Å². The van der Waals surface area contributed by atoms with E-state index in [0.29, 0.717) is 18.6 Å². The summed E-state index contributed by atoms with van der Waals surface area (Å²) in [4.78, 5) is 2.30. The lowest BCUT2D eigenvalue weighted by molar-refractivity contribution is 0.201. The molecule has 0 saturated carbocycles. The summed E-state index contributed by atoms with van der Waals surface area (Å²) >= 11 is 0.